The maximum atomic E-state index is 13.7. The van der Waals surface area contributed by atoms with Crippen LogP contribution in [0.1, 0.15) is 18.8 Å². The molecule has 2 N–H and O–H groups in total. The van der Waals surface area contributed by atoms with Gasteiger partial charge in [-0.15, -0.1) is 0 Å². The third kappa shape index (κ3) is 1.42. The van der Waals surface area contributed by atoms with Gasteiger partial charge in [-0.1, -0.05) is 0 Å². The summed E-state index contributed by atoms with van der Waals surface area (Å²) >= 11 is 0. The molecule has 2 aromatic rings. The van der Waals surface area contributed by atoms with E-state index in [-0.39, 0.29) is 11.9 Å². The molecular formula is C12H14FN3O. The highest BCUT2D eigenvalue weighted by atomic mass is 19.1. The first-order valence-electron chi connectivity index (χ1n) is 5.74. The number of ether oxygens (including phenoxy) is 1. The standard InChI is InChI=1S/C12H14FN3O/c1-7-6-17-12-8(13)2-3-9-11(12)16(7)10(15-9)4-5-14/h2-3,7H,4-6,14H2,1H3. The minimum absolute atomic E-state index is 0.163. The van der Waals surface area contributed by atoms with E-state index < -0.39 is 0 Å². The van der Waals surface area contributed by atoms with Crippen molar-refractivity contribution in [1.82, 2.24) is 9.55 Å². The van der Waals surface area contributed by atoms with E-state index in [9.17, 15) is 4.39 Å². The maximum absolute atomic E-state index is 13.7. The van der Waals surface area contributed by atoms with Gasteiger partial charge in [-0.25, -0.2) is 9.37 Å². The van der Waals surface area contributed by atoms with Crippen molar-refractivity contribution in [1.29, 1.82) is 0 Å². The Labute approximate surface area is 98.2 Å². The molecule has 0 bridgehead atoms. The number of nitrogens with zero attached hydrogens (tertiary/aromatic N) is 2. The monoisotopic (exact) mass is 235 g/mol. The zero-order valence-corrected chi connectivity index (χ0v) is 9.61. The highest BCUT2D eigenvalue weighted by Gasteiger charge is 2.25. The van der Waals surface area contributed by atoms with Crippen LogP contribution in [-0.4, -0.2) is 22.7 Å². The summed E-state index contributed by atoms with van der Waals surface area (Å²) < 4.78 is 21.2. The minimum Gasteiger partial charge on any atom is -0.486 e. The summed E-state index contributed by atoms with van der Waals surface area (Å²) in [6.07, 6.45) is 0.695. The summed E-state index contributed by atoms with van der Waals surface area (Å²) in [5.74, 6) is 0.895. The molecule has 5 heteroatoms. The Balaban J connectivity index is 2.34. The lowest BCUT2D eigenvalue weighted by molar-refractivity contribution is 0.235. The summed E-state index contributed by atoms with van der Waals surface area (Å²) in [6.45, 7) is 3.04. The van der Waals surface area contributed by atoms with Crippen molar-refractivity contribution in [2.75, 3.05) is 13.2 Å². The van der Waals surface area contributed by atoms with E-state index >= 15 is 0 Å². The van der Waals surface area contributed by atoms with Gasteiger partial charge < -0.3 is 15.0 Å². The molecule has 17 heavy (non-hydrogen) atoms. The van der Waals surface area contributed by atoms with Crippen LogP contribution in [0.2, 0.25) is 0 Å². The summed E-state index contributed by atoms with van der Waals surface area (Å²) in [7, 11) is 0. The third-order valence-corrected chi connectivity index (χ3v) is 3.11. The third-order valence-electron chi connectivity index (χ3n) is 3.11. The molecule has 1 aromatic carbocycles. The quantitative estimate of drug-likeness (QED) is 0.860. The first-order valence-corrected chi connectivity index (χ1v) is 5.74. The fraction of sp³-hybridized carbons (Fsp3) is 0.417. The Morgan fingerprint density at radius 2 is 2.41 bits per heavy atom. The van der Waals surface area contributed by atoms with Crippen LogP contribution in [0.15, 0.2) is 12.1 Å². The Hall–Kier alpha value is -1.62. The van der Waals surface area contributed by atoms with Gasteiger partial charge in [-0.05, 0) is 25.6 Å². The van der Waals surface area contributed by atoms with Crippen molar-refractivity contribution in [3.63, 3.8) is 0 Å². The van der Waals surface area contributed by atoms with E-state index in [1.807, 2.05) is 11.5 Å². The van der Waals surface area contributed by atoms with Gasteiger partial charge in [0.05, 0.1) is 11.6 Å². The molecule has 3 rings (SSSR count). The molecule has 0 amide bonds. The molecule has 1 atom stereocenters. The highest BCUT2D eigenvalue weighted by molar-refractivity contribution is 5.83. The van der Waals surface area contributed by atoms with E-state index in [4.69, 9.17) is 10.5 Å². The predicted octanol–water partition coefficient (Wildman–Crippen LogP) is 1.63. The van der Waals surface area contributed by atoms with Crippen molar-refractivity contribution in [2.24, 2.45) is 5.73 Å². The SMILES string of the molecule is CC1COc2c(F)ccc3nc(CCN)n1c23. The predicted molar refractivity (Wildman–Crippen MR) is 62.7 cm³/mol. The lowest BCUT2D eigenvalue weighted by Crippen LogP contribution is -2.22. The van der Waals surface area contributed by atoms with Gasteiger partial charge >= 0.3 is 0 Å². The molecule has 4 nitrogen and oxygen atoms in total. The Morgan fingerprint density at radius 3 is 3.18 bits per heavy atom. The minimum atomic E-state index is -0.329. The number of rotatable bonds is 2. The summed E-state index contributed by atoms with van der Waals surface area (Å²) in [5.41, 5.74) is 7.11. The number of imidazole rings is 1. The molecule has 0 saturated heterocycles. The fourth-order valence-corrected chi connectivity index (χ4v) is 2.38. The molecule has 1 aliphatic heterocycles. The van der Waals surface area contributed by atoms with Crippen molar-refractivity contribution in [3.05, 3.63) is 23.8 Å². The second-order valence-electron chi connectivity index (χ2n) is 4.34. The van der Waals surface area contributed by atoms with Crippen LogP contribution >= 0.6 is 0 Å². The molecule has 0 spiro atoms. The van der Waals surface area contributed by atoms with Gasteiger partial charge in [0, 0.05) is 6.42 Å². The Bertz CT molecular complexity index is 579. The van der Waals surface area contributed by atoms with Gasteiger partial charge in [0.2, 0.25) is 0 Å². The Kier molecular flexibility index (Phi) is 2.29. The lowest BCUT2D eigenvalue weighted by atomic mass is 10.2. The second-order valence-corrected chi connectivity index (χ2v) is 4.34. The average molecular weight is 235 g/mol. The van der Waals surface area contributed by atoms with Crippen molar-refractivity contribution >= 4 is 11.0 Å². The van der Waals surface area contributed by atoms with Crippen LogP contribution in [0.5, 0.6) is 5.75 Å². The highest BCUT2D eigenvalue weighted by Crippen LogP contribution is 2.35. The number of nitrogens with two attached hydrogens (primary N) is 1. The van der Waals surface area contributed by atoms with Gasteiger partial charge in [-0.3, -0.25) is 0 Å². The van der Waals surface area contributed by atoms with Crippen LogP contribution in [0.4, 0.5) is 4.39 Å². The van der Waals surface area contributed by atoms with Gasteiger partial charge in [-0.2, -0.15) is 0 Å². The molecule has 1 unspecified atom stereocenters. The molecule has 0 fully saturated rings. The first-order chi connectivity index (χ1) is 8.22. The van der Waals surface area contributed by atoms with Crippen molar-refractivity contribution in [3.8, 4) is 5.75 Å². The van der Waals surface area contributed by atoms with Crippen molar-refractivity contribution in [2.45, 2.75) is 19.4 Å². The topological polar surface area (TPSA) is 53.1 Å². The zero-order valence-electron chi connectivity index (χ0n) is 9.61. The van der Waals surface area contributed by atoms with Crippen LogP contribution in [0.3, 0.4) is 0 Å². The zero-order chi connectivity index (χ0) is 12.0. The van der Waals surface area contributed by atoms with E-state index in [2.05, 4.69) is 4.98 Å². The summed E-state index contributed by atoms with van der Waals surface area (Å²) in [5, 5.41) is 0. The second kappa shape index (κ2) is 3.70. The first kappa shape index (κ1) is 10.5. The largest absolute Gasteiger partial charge is 0.486 e. The van der Waals surface area contributed by atoms with Gasteiger partial charge in [0.15, 0.2) is 11.6 Å². The number of hydrogen-bond acceptors (Lipinski definition) is 3. The molecule has 2 heterocycles. The van der Waals surface area contributed by atoms with E-state index in [1.165, 1.54) is 6.07 Å². The average Bonchev–Trinajstić information content (AvgIpc) is 2.67. The van der Waals surface area contributed by atoms with Crippen LogP contribution in [0.25, 0.3) is 11.0 Å². The van der Waals surface area contributed by atoms with E-state index in [0.29, 0.717) is 25.3 Å². The van der Waals surface area contributed by atoms with Crippen LogP contribution < -0.4 is 10.5 Å². The van der Waals surface area contributed by atoms with E-state index in [1.54, 1.807) is 6.07 Å². The molecule has 0 aliphatic carbocycles. The molecule has 0 saturated carbocycles. The summed E-state index contributed by atoms with van der Waals surface area (Å²) in [6, 6.07) is 3.25. The normalized spacial score (nSPS) is 18.4. The number of halogens is 1. The fourth-order valence-electron chi connectivity index (χ4n) is 2.38. The maximum Gasteiger partial charge on any atom is 0.180 e. The van der Waals surface area contributed by atoms with Crippen LogP contribution in [0, 0.1) is 5.82 Å². The van der Waals surface area contributed by atoms with Crippen molar-refractivity contribution < 1.29 is 9.13 Å². The number of benzene rings is 1. The van der Waals surface area contributed by atoms with E-state index in [0.717, 1.165) is 16.9 Å². The van der Waals surface area contributed by atoms with Crippen LogP contribution in [-0.2, 0) is 6.42 Å². The smallest absolute Gasteiger partial charge is 0.180 e. The molecule has 90 valence electrons. The Morgan fingerprint density at radius 1 is 1.59 bits per heavy atom. The number of aromatic nitrogens is 2. The molecule has 0 radical (unpaired) electrons. The molecular weight excluding hydrogens is 221 g/mol. The molecule has 1 aliphatic rings. The lowest BCUT2D eigenvalue weighted by Gasteiger charge is -2.24. The number of hydrogen-bond donors (Lipinski definition) is 1. The molecule has 1 aromatic heterocycles. The van der Waals surface area contributed by atoms with Gasteiger partial charge in [0.1, 0.15) is 17.9 Å². The van der Waals surface area contributed by atoms with Gasteiger partial charge in [0.25, 0.3) is 0 Å². The summed E-state index contributed by atoms with van der Waals surface area (Å²) in [4.78, 5) is 4.50.